The van der Waals surface area contributed by atoms with Gasteiger partial charge in [-0.1, -0.05) is 6.42 Å². The van der Waals surface area contributed by atoms with Gasteiger partial charge in [-0.25, -0.2) is 8.42 Å². The van der Waals surface area contributed by atoms with Gasteiger partial charge in [0.05, 0.1) is 11.5 Å². The Balaban J connectivity index is 1.93. The van der Waals surface area contributed by atoms with Crippen molar-refractivity contribution in [1.29, 1.82) is 0 Å². The molecule has 1 heterocycles. The van der Waals surface area contributed by atoms with Crippen molar-refractivity contribution in [2.75, 3.05) is 18.1 Å². The Hall–Kier alpha value is -0.620. The molecule has 1 aliphatic heterocycles. The fourth-order valence-electron chi connectivity index (χ4n) is 3.03. The molecule has 1 unspecified atom stereocenters. The highest BCUT2D eigenvalue weighted by atomic mass is 32.2. The summed E-state index contributed by atoms with van der Waals surface area (Å²) in [6.07, 6.45) is 3.60. The van der Waals surface area contributed by atoms with Gasteiger partial charge in [-0.3, -0.25) is 4.79 Å². The molecule has 0 aromatic rings. The average molecular weight is 274 g/mol. The van der Waals surface area contributed by atoms with E-state index in [-0.39, 0.29) is 35.4 Å². The second kappa shape index (κ2) is 5.17. The summed E-state index contributed by atoms with van der Waals surface area (Å²) in [7, 11) is -2.95. The van der Waals surface area contributed by atoms with Crippen LogP contribution in [-0.4, -0.2) is 49.4 Å². The predicted octanol–water partition coefficient (Wildman–Crippen LogP) is 0.149. The second-order valence-corrected chi connectivity index (χ2v) is 7.84. The summed E-state index contributed by atoms with van der Waals surface area (Å²) < 4.78 is 22.9. The molecular formula is C12H22N2O3S. The van der Waals surface area contributed by atoms with E-state index in [1.165, 1.54) is 0 Å². The van der Waals surface area contributed by atoms with E-state index in [4.69, 9.17) is 5.73 Å². The molecule has 6 heteroatoms. The average Bonchev–Trinajstić information content (AvgIpc) is 2.62. The Morgan fingerprint density at radius 3 is 2.67 bits per heavy atom. The maximum atomic E-state index is 12.2. The minimum atomic E-state index is -2.95. The molecule has 0 bridgehead atoms. The predicted molar refractivity (Wildman–Crippen MR) is 69.8 cm³/mol. The fourth-order valence-corrected chi connectivity index (χ4v) is 4.59. The molecule has 104 valence electrons. The lowest BCUT2D eigenvalue weighted by atomic mass is 9.99. The van der Waals surface area contributed by atoms with Crippen molar-refractivity contribution in [3.63, 3.8) is 0 Å². The molecule has 2 aliphatic rings. The molecule has 0 spiro atoms. The third-order valence-corrected chi connectivity index (χ3v) is 5.94. The highest BCUT2D eigenvalue weighted by molar-refractivity contribution is 7.91. The second-order valence-electron chi connectivity index (χ2n) is 5.61. The SMILES string of the molecule is CC1CS(=O)(=O)CCN1C(=O)C[C@@H]1CCC[C@H]1N. The monoisotopic (exact) mass is 274 g/mol. The zero-order valence-electron chi connectivity index (χ0n) is 10.8. The summed E-state index contributed by atoms with van der Waals surface area (Å²) in [5.41, 5.74) is 5.97. The zero-order chi connectivity index (χ0) is 13.3. The summed E-state index contributed by atoms with van der Waals surface area (Å²) in [6, 6.07) is -0.0633. The third kappa shape index (κ3) is 3.03. The summed E-state index contributed by atoms with van der Waals surface area (Å²) in [5.74, 6) is 0.540. The molecule has 2 fully saturated rings. The lowest BCUT2D eigenvalue weighted by Gasteiger charge is -2.34. The van der Waals surface area contributed by atoms with Gasteiger partial charge in [0, 0.05) is 25.0 Å². The Labute approximate surface area is 109 Å². The van der Waals surface area contributed by atoms with E-state index in [2.05, 4.69) is 0 Å². The topological polar surface area (TPSA) is 80.5 Å². The van der Waals surface area contributed by atoms with Gasteiger partial charge in [-0.2, -0.15) is 0 Å². The van der Waals surface area contributed by atoms with Crippen LogP contribution in [0.25, 0.3) is 0 Å². The number of hydrogen-bond donors (Lipinski definition) is 1. The minimum absolute atomic E-state index is 0.0692. The molecule has 0 radical (unpaired) electrons. The van der Waals surface area contributed by atoms with Crippen LogP contribution in [-0.2, 0) is 14.6 Å². The van der Waals surface area contributed by atoms with Crippen LogP contribution in [0.15, 0.2) is 0 Å². The van der Waals surface area contributed by atoms with E-state index in [9.17, 15) is 13.2 Å². The molecule has 1 amide bonds. The molecule has 5 nitrogen and oxygen atoms in total. The van der Waals surface area contributed by atoms with E-state index in [0.717, 1.165) is 19.3 Å². The first-order valence-electron chi connectivity index (χ1n) is 6.64. The molecule has 2 N–H and O–H groups in total. The van der Waals surface area contributed by atoms with Crippen LogP contribution in [0.3, 0.4) is 0 Å². The zero-order valence-corrected chi connectivity index (χ0v) is 11.7. The first-order chi connectivity index (χ1) is 8.39. The van der Waals surface area contributed by atoms with Crippen molar-refractivity contribution in [3.05, 3.63) is 0 Å². The number of nitrogens with two attached hydrogens (primary N) is 1. The Morgan fingerprint density at radius 2 is 2.11 bits per heavy atom. The van der Waals surface area contributed by atoms with Gasteiger partial charge in [0.15, 0.2) is 9.84 Å². The standard InChI is InChI=1S/C12H22N2O3S/c1-9-8-18(16,17)6-5-14(9)12(15)7-10-3-2-4-11(10)13/h9-11H,2-8,13H2,1H3/t9?,10-,11+/m0/s1. The van der Waals surface area contributed by atoms with Crippen molar-refractivity contribution >= 4 is 15.7 Å². The van der Waals surface area contributed by atoms with Crippen LogP contribution >= 0.6 is 0 Å². The molecule has 1 saturated carbocycles. The smallest absolute Gasteiger partial charge is 0.223 e. The van der Waals surface area contributed by atoms with Gasteiger partial charge in [-0.05, 0) is 25.7 Å². The first kappa shape index (κ1) is 13.8. The molecular weight excluding hydrogens is 252 g/mol. The van der Waals surface area contributed by atoms with Crippen molar-refractivity contribution in [3.8, 4) is 0 Å². The largest absolute Gasteiger partial charge is 0.338 e. The molecule has 0 aromatic carbocycles. The highest BCUT2D eigenvalue weighted by Gasteiger charge is 2.34. The van der Waals surface area contributed by atoms with E-state index >= 15 is 0 Å². The van der Waals surface area contributed by atoms with Crippen LogP contribution < -0.4 is 5.73 Å². The van der Waals surface area contributed by atoms with Crippen LogP contribution in [0, 0.1) is 5.92 Å². The third-order valence-electron chi connectivity index (χ3n) is 4.15. The highest BCUT2D eigenvalue weighted by Crippen LogP contribution is 2.28. The number of rotatable bonds is 2. The number of sulfone groups is 1. The minimum Gasteiger partial charge on any atom is -0.338 e. The number of carbonyl (C=O) groups excluding carboxylic acids is 1. The van der Waals surface area contributed by atoms with Gasteiger partial charge in [0.2, 0.25) is 5.91 Å². The van der Waals surface area contributed by atoms with Crippen LogP contribution in [0.4, 0.5) is 0 Å². The number of hydrogen-bond acceptors (Lipinski definition) is 4. The molecule has 3 atom stereocenters. The van der Waals surface area contributed by atoms with E-state index in [1.54, 1.807) is 4.90 Å². The molecule has 2 rings (SSSR count). The van der Waals surface area contributed by atoms with Gasteiger partial charge in [-0.15, -0.1) is 0 Å². The Morgan fingerprint density at radius 1 is 1.39 bits per heavy atom. The molecule has 0 aromatic heterocycles. The number of carbonyl (C=O) groups is 1. The van der Waals surface area contributed by atoms with Crippen LogP contribution in [0.5, 0.6) is 0 Å². The van der Waals surface area contributed by atoms with Crippen molar-refractivity contribution in [1.82, 2.24) is 4.90 Å². The van der Waals surface area contributed by atoms with Crippen LogP contribution in [0.2, 0.25) is 0 Å². The fraction of sp³-hybridized carbons (Fsp3) is 0.917. The van der Waals surface area contributed by atoms with E-state index < -0.39 is 9.84 Å². The number of amides is 1. The summed E-state index contributed by atoms with van der Waals surface area (Å²) in [4.78, 5) is 13.9. The molecule has 18 heavy (non-hydrogen) atoms. The number of nitrogens with zero attached hydrogens (tertiary/aromatic N) is 1. The van der Waals surface area contributed by atoms with Gasteiger partial charge < -0.3 is 10.6 Å². The van der Waals surface area contributed by atoms with Crippen molar-refractivity contribution in [2.45, 2.75) is 44.7 Å². The van der Waals surface area contributed by atoms with Gasteiger partial charge >= 0.3 is 0 Å². The lowest BCUT2D eigenvalue weighted by Crippen LogP contribution is -2.50. The van der Waals surface area contributed by atoms with Gasteiger partial charge in [0.25, 0.3) is 0 Å². The van der Waals surface area contributed by atoms with E-state index in [1.807, 2.05) is 6.92 Å². The normalized spacial score (nSPS) is 35.7. The van der Waals surface area contributed by atoms with Crippen molar-refractivity contribution in [2.24, 2.45) is 11.7 Å². The summed E-state index contributed by atoms with van der Waals surface area (Å²) >= 11 is 0. The maximum Gasteiger partial charge on any atom is 0.223 e. The van der Waals surface area contributed by atoms with Crippen molar-refractivity contribution < 1.29 is 13.2 Å². The van der Waals surface area contributed by atoms with Crippen LogP contribution in [0.1, 0.15) is 32.6 Å². The summed E-state index contributed by atoms with van der Waals surface area (Å²) in [5, 5.41) is 0. The molecule has 1 saturated heterocycles. The Bertz CT molecular complexity index is 421. The van der Waals surface area contributed by atoms with E-state index in [0.29, 0.717) is 13.0 Å². The lowest BCUT2D eigenvalue weighted by molar-refractivity contribution is -0.133. The quantitative estimate of drug-likeness (QED) is 0.777. The van der Waals surface area contributed by atoms with Gasteiger partial charge in [0.1, 0.15) is 0 Å². The molecule has 1 aliphatic carbocycles. The summed E-state index contributed by atoms with van der Waals surface area (Å²) in [6.45, 7) is 2.15. The maximum absolute atomic E-state index is 12.2. The first-order valence-corrected chi connectivity index (χ1v) is 8.46. The Kier molecular flexibility index (Phi) is 3.96.